The van der Waals surface area contributed by atoms with Crippen molar-refractivity contribution >= 4 is 11.9 Å². The predicted molar refractivity (Wildman–Crippen MR) is 58.6 cm³/mol. The summed E-state index contributed by atoms with van der Waals surface area (Å²) in [5.74, 6) is -1.21. The minimum absolute atomic E-state index is 0.193. The Balaban J connectivity index is 3.13. The van der Waals surface area contributed by atoms with Crippen LogP contribution in [0.5, 0.6) is 0 Å². The average Bonchev–Trinajstić information content (AvgIpc) is 2.36. The number of ether oxygens (including phenoxy) is 2. The highest BCUT2D eigenvalue weighted by Gasteiger charge is 2.54. The minimum Gasteiger partial charge on any atom is -0.468 e. The van der Waals surface area contributed by atoms with Gasteiger partial charge in [-0.05, 0) is 12.8 Å². The van der Waals surface area contributed by atoms with Crippen molar-refractivity contribution in [2.75, 3.05) is 14.2 Å². The van der Waals surface area contributed by atoms with E-state index in [1.54, 1.807) is 6.08 Å². The monoisotopic (exact) mass is 226 g/mol. The first-order valence-electron chi connectivity index (χ1n) is 5.43. The van der Waals surface area contributed by atoms with E-state index in [-0.39, 0.29) is 5.92 Å². The lowest BCUT2D eigenvalue weighted by molar-refractivity contribution is -0.175. The molecule has 1 saturated carbocycles. The topological polar surface area (TPSA) is 52.6 Å². The van der Waals surface area contributed by atoms with Gasteiger partial charge in [0.05, 0.1) is 14.2 Å². The number of esters is 2. The van der Waals surface area contributed by atoms with E-state index >= 15 is 0 Å². The van der Waals surface area contributed by atoms with E-state index in [1.807, 2.05) is 0 Å². The Hall–Kier alpha value is -1.32. The number of allylic oxidation sites excluding steroid dienone is 1. The summed E-state index contributed by atoms with van der Waals surface area (Å²) in [6.07, 6.45) is 4.73. The van der Waals surface area contributed by atoms with Crippen LogP contribution in [0.25, 0.3) is 0 Å². The molecular weight excluding hydrogens is 208 g/mol. The molecule has 90 valence electrons. The summed E-state index contributed by atoms with van der Waals surface area (Å²) in [5, 5.41) is 0. The first kappa shape index (κ1) is 12.7. The third-order valence-corrected chi connectivity index (χ3v) is 3.35. The van der Waals surface area contributed by atoms with Gasteiger partial charge in [0.25, 0.3) is 0 Å². The molecule has 1 atom stereocenters. The van der Waals surface area contributed by atoms with Crippen LogP contribution in [0.2, 0.25) is 0 Å². The SMILES string of the molecule is C=C[C@H]1CCCCC1(C(=O)OC)C(=O)OC. The van der Waals surface area contributed by atoms with E-state index in [0.717, 1.165) is 19.3 Å². The van der Waals surface area contributed by atoms with Crippen LogP contribution in [-0.4, -0.2) is 26.2 Å². The lowest BCUT2D eigenvalue weighted by Gasteiger charge is -2.37. The van der Waals surface area contributed by atoms with Gasteiger partial charge in [-0.3, -0.25) is 9.59 Å². The molecule has 0 aromatic rings. The standard InChI is InChI=1S/C12H18O4/c1-4-9-7-5-6-8-12(9,10(13)15-2)11(14)16-3/h4,9H,1,5-8H2,2-3H3/t9-/m0/s1. The number of hydrogen-bond acceptors (Lipinski definition) is 4. The maximum Gasteiger partial charge on any atom is 0.323 e. The zero-order valence-corrected chi connectivity index (χ0v) is 9.82. The van der Waals surface area contributed by atoms with Crippen molar-refractivity contribution in [2.24, 2.45) is 11.3 Å². The third-order valence-electron chi connectivity index (χ3n) is 3.35. The van der Waals surface area contributed by atoms with Crippen LogP contribution in [0.15, 0.2) is 12.7 Å². The molecule has 1 aliphatic rings. The van der Waals surface area contributed by atoms with Crippen molar-refractivity contribution in [3.8, 4) is 0 Å². The van der Waals surface area contributed by atoms with Gasteiger partial charge in [-0.2, -0.15) is 0 Å². The molecule has 0 aromatic heterocycles. The molecule has 0 saturated heterocycles. The van der Waals surface area contributed by atoms with Crippen molar-refractivity contribution in [1.29, 1.82) is 0 Å². The maximum atomic E-state index is 11.9. The van der Waals surface area contributed by atoms with Crippen molar-refractivity contribution in [3.05, 3.63) is 12.7 Å². The largest absolute Gasteiger partial charge is 0.468 e. The highest BCUT2D eigenvalue weighted by Crippen LogP contribution is 2.43. The van der Waals surface area contributed by atoms with Gasteiger partial charge >= 0.3 is 11.9 Å². The molecule has 0 unspecified atom stereocenters. The van der Waals surface area contributed by atoms with Gasteiger partial charge in [0.2, 0.25) is 0 Å². The summed E-state index contributed by atoms with van der Waals surface area (Å²) in [6, 6.07) is 0. The van der Waals surface area contributed by atoms with E-state index in [0.29, 0.717) is 6.42 Å². The van der Waals surface area contributed by atoms with Gasteiger partial charge in [-0.1, -0.05) is 18.9 Å². The number of carbonyl (C=O) groups is 2. The summed E-state index contributed by atoms with van der Waals surface area (Å²) in [6.45, 7) is 3.70. The first-order chi connectivity index (χ1) is 7.63. The maximum absolute atomic E-state index is 11.9. The lowest BCUT2D eigenvalue weighted by Crippen LogP contribution is -2.48. The number of rotatable bonds is 3. The Morgan fingerprint density at radius 3 is 2.25 bits per heavy atom. The Morgan fingerprint density at radius 2 is 1.81 bits per heavy atom. The van der Waals surface area contributed by atoms with Crippen LogP contribution >= 0.6 is 0 Å². The molecule has 1 rings (SSSR count). The van der Waals surface area contributed by atoms with E-state index in [4.69, 9.17) is 9.47 Å². The number of hydrogen-bond donors (Lipinski definition) is 0. The van der Waals surface area contributed by atoms with Gasteiger partial charge < -0.3 is 9.47 Å². The average molecular weight is 226 g/mol. The second kappa shape index (κ2) is 5.14. The molecule has 0 spiro atoms. The summed E-state index contributed by atoms with van der Waals surface area (Å²) in [5.41, 5.74) is -1.18. The van der Waals surface area contributed by atoms with Crippen LogP contribution in [0.3, 0.4) is 0 Å². The summed E-state index contributed by atoms with van der Waals surface area (Å²) >= 11 is 0. The smallest absolute Gasteiger partial charge is 0.323 e. The van der Waals surface area contributed by atoms with Gasteiger partial charge in [0, 0.05) is 5.92 Å². The second-order valence-corrected chi connectivity index (χ2v) is 4.04. The normalized spacial score (nSPS) is 23.2. The molecular formula is C12H18O4. The van der Waals surface area contributed by atoms with Crippen molar-refractivity contribution in [1.82, 2.24) is 0 Å². The molecule has 0 N–H and O–H groups in total. The Morgan fingerprint density at radius 1 is 1.25 bits per heavy atom. The molecule has 16 heavy (non-hydrogen) atoms. The second-order valence-electron chi connectivity index (χ2n) is 4.04. The van der Waals surface area contributed by atoms with Crippen LogP contribution in [0, 0.1) is 11.3 Å². The van der Waals surface area contributed by atoms with Crippen LogP contribution < -0.4 is 0 Å². The van der Waals surface area contributed by atoms with Gasteiger partial charge in [0.15, 0.2) is 5.41 Å². The predicted octanol–water partition coefficient (Wildman–Crippen LogP) is 1.70. The van der Waals surface area contributed by atoms with E-state index in [1.165, 1.54) is 14.2 Å². The third kappa shape index (κ3) is 1.84. The van der Waals surface area contributed by atoms with E-state index in [2.05, 4.69) is 6.58 Å². The molecule has 4 heteroatoms. The zero-order chi connectivity index (χ0) is 12.2. The zero-order valence-electron chi connectivity index (χ0n) is 9.82. The molecule has 0 amide bonds. The van der Waals surface area contributed by atoms with Crippen molar-refractivity contribution in [2.45, 2.75) is 25.7 Å². The van der Waals surface area contributed by atoms with Crippen LogP contribution in [0.1, 0.15) is 25.7 Å². The van der Waals surface area contributed by atoms with Crippen LogP contribution in [-0.2, 0) is 19.1 Å². The molecule has 1 fully saturated rings. The molecule has 4 nitrogen and oxygen atoms in total. The Kier molecular flexibility index (Phi) is 4.10. The fourth-order valence-corrected chi connectivity index (χ4v) is 2.47. The van der Waals surface area contributed by atoms with Crippen molar-refractivity contribution in [3.63, 3.8) is 0 Å². The highest BCUT2D eigenvalue weighted by molar-refractivity contribution is 6.00. The fourth-order valence-electron chi connectivity index (χ4n) is 2.47. The van der Waals surface area contributed by atoms with E-state index < -0.39 is 17.4 Å². The molecule has 0 bridgehead atoms. The Bertz CT molecular complexity index is 279. The molecule has 0 radical (unpaired) electrons. The van der Waals surface area contributed by atoms with E-state index in [9.17, 15) is 9.59 Å². The summed E-state index contributed by atoms with van der Waals surface area (Å²) in [4.78, 5) is 23.8. The molecule has 1 aliphatic carbocycles. The summed E-state index contributed by atoms with van der Waals surface area (Å²) in [7, 11) is 2.59. The lowest BCUT2D eigenvalue weighted by atomic mass is 9.66. The number of carbonyl (C=O) groups excluding carboxylic acids is 2. The quantitative estimate of drug-likeness (QED) is 0.417. The van der Waals surface area contributed by atoms with Crippen molar-refractivity contribution < 1.29 is 19.1 Å². The molecule has 0 aliphatic heterocycles. The first-order valence-corrected chi connectivity index (χ1v) is 5.43. The summed E-state index contributed by atoms with van der Waals surface area (Å²) < 4.78 is 9.52. The Labute approximate surface area is 95.6 Å². The fraction of sp³-hybridized carbons (Fsp3) is 0.667. The molecule has 0 aromatic carbocycles. The minimum atomic E-state index is -1.18. The van der Waals surface area contributed by atoms with Crippen LogP contribution in [0.4, 0.5) is 0 Å². The molecule has 0 heterocycles. The van der Waals surface area contributed by atoms with Gasteiger partial charge in [-0.15, -0.1) is 6.58 Å². The number of methoxy groups -OCH3 is 2. The highest BCUT2D eigenvalue weighted by atomic mass is 16.5. The van der Waals surface area contributed by atoms with Gasteiger partial charge in [0.1, 0.15) is 0 Å². The van der Waals surface area contributed by atoms with Gasteiger partial charge in [-0.25, -0.2) is 0 Å².